The molecule has 0 unspecified atom stereocenters. The first-order chi connectivity index (χ1) is 9.54. The maximum Gasteiger partial charge on any atom is 0.254 e. The summed E-state index contributed by atoms with van der Waals surface area (Å²) in [4.78, 5) is 12.0. The minimum Gasteiger partial charge on any atom is -0.497 e. The number of carbonyl (C=O) groups excluding carboxylic acids is 1. The lowest BCUT2D eigenvalue weighted by molar-refractivity contribution is 0.0238. The number of nitrogens with one attached hydrogen (secondary N) is 1. The fourth-order valence-corrected chi connectivity index (χ4v) is 2.24. The number of carbonyl (C=O) groups is 1. The molecule has 5 heteroatoms. The molecule has 1 aliphatic rings. The van der Waals surface area contributed by atoms with Gasteiger partial charge in [-0.25, -0.2) is 4.39 Å². The van der Waals surface area contributed by atoms with Gasteiger partial charge in [-0.2, -0.15) is 0 Å². The van der Waals surface area contributed by atoms with Crippen molar-refractivity contribution in [2.24, 2.45) is 5.41 Å². The summed E-state index contributed by atoms with van der Waals surface area (Å²) in [5.41, 5.74) is 0.0677. The Balaban J connectivity index is 1.98. The zero-order valence-corrected chi connectivity index (χ0v) is 11.9. The lowest BCUT2D eigenvalue weighted by atomic mass is 9.82. The third-order valence-corrected chi connectivity index (χ3v) is 3.80. The Labute approximate surface area is 118 Å². The minimum atomic E-state index is -0.570. The average Bonchev–Trinajstić information content (AvgIpc) is 2.45. The van der Waals surface area contributed by atoms with Crippen LogP contribution in [0.25, 0.3) is 0 Å². The molecule has 1 saturated heterocycles. The van der Waals surface area contributed by atoms with Crippen molar-refractivity contribution < 1.29 is 18.7 Å². The average molecular weight is 281 g/mol. The summed E-state index contributed by atoms with van der Waals surface area (Å²) in [6.07, 6.45) is 1.80. The molecule has 110 valence electrons. The summed E-state index contributed by atoms with van der Waals surface area (Å²) in [6, 6.07) is 4.23. The van der Waals surface area contributed by atoms with E-state index >= 15 is 0 Å². The quantitative estimate of drug-likeness (QED) is 0.921. The van der Waals surface area contributed by atoms with Crippen LogP contribution in [0.1, 0.15) is 30.1 Å². The van der Waals surface area contributed by atoms with Gasteiger partial charge in [-0.1, -0.05) is 6.92 Å². The molecule has 0 bridgehead atoms. The predicted molar refractivity (Wildman–Crippen MR) is 73.4 cm³/mol. The van der Waals surface area contributed by atoms with Crippen LogP contribution < -0.4 is 10.1 Å². The van der Waals surface area contributed by atoms with Crippen molar-refractivity contribution in [3.05, 3.63) is 29.6 Å². The Morgan fingerprint density at radius 3 is 2.75 bits per heavy atom. The molecule has 1 N–H and O–H groups in total. The Morgan fingerprint density at radius 1 is 1.45 bits per heavy atom. The van der Waals surface area contributed by atoms with Crippen LogP contribution in [0.4, 0.5) is 4.39 Å². The van der Waals surface area contributed by atoms with E-state index in [0.717, 1.165) is 12.8 Å². The normalized spacial score (nSPS) is 17.6. The van der Waals surface area contributed by atoms with Crippen LogP contribution in [-0.2, 0) is 4.74 Å². The van der Waals surface area contributed by atoms with Crippen molar-refractivity contribution in [3.63, 3.8) is 0 Å². The van der Waals surface area contributed by atoms with Gasteiger partial charge in [-0.15, -0.1) is 0 Å². The molecule has 20 heavy (non-hydrogen) atoms. The number of rotatable bonds is 4. The first-order valence-corrected chi connectivity index (χ1v) is 6.74. The largest absolute Gasteiger partial charge is 0.497 e. The number of methoxy groups -OCH3 is 1. The molecule has 1 amide bonds. The molecule has 0 spiro atoms. The summed E-state index contributed by atoms with van der Waals surface area (Å²) in [6.45, 7) is 4.06. The van der Waals surface area contributed by atoms with E-state index in [0.29, 0.717) is 25.5 Å². The second-order valence-electron chi connectivity index (χ2n) is 5.45. The van der Waals surface area contributed by atoms with Crippen LogP contribution in [0.5, 0.6) is 5.75 Å². The van der Waals surface area contributed by atoms with Crippen molar-refractivity contribution in [2.45, 2.75) is 19.8 Å². The molecule has 1 fully saturated rings. The minimum absolute atomic E-state index is 0.0247. The monoisotopic (exact) mass is 281 g/mol. The van der Waals surface area contributed by atoms with Crippen LogP contribution >= 0.6 is 0 Å². The van der Waals surface area contributed by atoms with E-state index in [9.17, 15) is 9.18 Å². The zero-order chi connectivity index (χ0) is 14.6. The van der Waals surface area contributed by atoms with Gasteiger partial charge < -0.3 is 14.8 Å². The fourth-order valence-electron chi connectivity index (χ4n) is 2.24. The number of hydrogen-bond donors (Lipinski definition) is 1. The van der Waals surface area contributed by atoms with Gasteiger partial charge in [0.2, 0.25) is 0 Å². The van der Waals surface area contributed by atoms with Gasteiger partial charge >= 0.3 is 0 Å². The molecular weight excluding hydrogens is 261 g/mol. The summed E-state index contributed by atoms with van der Waals surface area (Å²) < 4.78 is 24.0. The Hall–Kier alpha value is -1.62. The number of halogens is 1. The van der Waals surface area contributed by atoms with Gasteiger partial charge in [0.05, 0.1) is 12.7 Å². The SMILES string of the molecule is COc1ccc(C(=O)NCC2(C)CCOCC2)c(F)c1. The first-order valence-electron chi connectivity index (χ1n) is 6.74. The summed E-state index contributed by atoms with van der Waals surface area (Å²) in [5.74, 6) is -0.563. The molecule has 0 aliphatic carbocycles. The molecule has 0 atom stereocenters. The van der Waals surface area contributed by atoms with Crippen molar-refractivity contribution in [1.82, 2.24) is 5.32 Å². The summed E-state index contributed by atoms with van der Waals surface area (Å²) >= 11 is 0. The van der Waals surface area contributed by atoms with Crippen molar-refractivity contribution in [2.75, 3.05) is 26.9 Å². The van der Waals surface area contributed by atoms with Gasteiger partial charge in [0, 0.05) is 25.8 Å². The number of hydrogen-bond acceptors (Lipinski definition) is 3. The van der Waals surface area contributed by atoms with Crippen LogP contribution in [0.3, 0.4) is 0 Å². The second-order valence-corrected chi connectivity index (χ2v) is 5.45. The second kappa shape index (κ2) is 6.22. The Bertz CT molecular complexity index is 484. The van der Waals surface area contributed by atoms with Crippen LogP contribution in [0.15, 0.2) is 18.2 Å². The highest BCUT2D eigenvalue weighted by atomic mass is 19.1. The Kier molecular flexibility index (Phi) is 4.60. The molecule has 1 aromatic carbocycles. The van der Waals surface area contributed by atoms with E-state index in [1.54, 1.807) is 6.07 Å². The maximum absolute atomic E-state index is 13.8. The lowest BCUT2D eigenvalue weighted by Crippen LogP contribution is -2.39. The molecular formula is C15H20FNO3. The maximum atomic E-state index is 13.8. The topological polar surface area (TPSA) is 47.6 Å². The molecule has 4 nitrogen and oxygen atoms in total. The fraction of sp³-hybridized carbons (Fsp3) is 0.533. The van der Waals surface area contributed by atoms with Crippen LogP contribution in [0, 0.1) is 11.2 Å². The predicted octanol–water partition coefficient (Wildman–Crippen LogP) is 2.38. The van der Waals surface area contributed by atoms with Gasteiger partial charge in [-0.3, -0.25) is 4.79 Å². The number of benzene rings is 1. The highest BCUT2D eigenvalue weighted by Crippen LogP contribution is 2.28. The highest BCUT2D eigenvalue weighted by molar-refractivity contribution is 5.94. The van der Waals surface area contributed by atoms with Crippen LogP contribution in [-0.4, -0.2) is 32.8 Å². The number of ether oxygens (including phenoxy) is 2. The van der Waals surface area contributed by atoms with E-state index < -0.39 is 11.7 Å². The van der Waals surface area contributed by atoms with Gasteiger partial charge in [0.1, 0.15) is 11.6 Å². The third kappa shape index (κ3) is 3.48. The van der Waals surface area contributed by atoms with Crippen molar-refractivity contribution in [3.8, 4) is 5.75 Å². The van der Waals surface area contributed by atoms with Crippen molar-refractivity contribution in [1.29, 1.82) is 0 Å². The molecule has 1 heterocycles. The van der Waals surface area contributed by atoms with Gasteiger partial charge in [-0.05, 0) is 30.4 Å². The smallest absolute Gasteiger partial charge is 0.254 e. The molecule has 0 saturated carbocycles. The highest BCUT2D eigenvalue weighted by Gasteiger charge is 2.28. The number of amides is 1. The van der Waals surface area contributed by atoms with Gasteiger partial charge in [0.15, 0.2) is 0 Å². The zero-order valence-electron chi connectivity index (χ0n) is 11.9. The third-order valence-electron chi connectivity index (χ3n) is 3.80. The lowest BCUT2D eigenvalue weighted by Gasteiger charge is -2.33. The van der Waals surface area contributed by atoms with E-state index in [1.165, 1.54) is 19.2 Å². The van der Waals surface area contributed by atoms with Crippen molar-refractivity contribution >= 4 is 5.91 Å². The Morgan fingerprint density at radius 2 is 2.15 bits per heavy atom. The molecule has 0 aromatic heterocycles. The van der Waals surface area contributed by atoms with E-state index in [4.69, 9.17) is 9.47 Å². The van der Waals surface area contributed by atoms with E-state index in [-0.39, 0.29) is 11.0 Å². The molecule has 0 radical (unpaired) electrons. The standard InChI is InChI=1S/C15H20FNO3/c1-15(5-7-20-8-6-15)10-17-14(18)12-4-3-11(19-2)9-13(12)16/h3-4,9H,5-8,10H2,1-2H3,(H,17,18). The van der Waals surface area contributed by atoms with E-state index in [1.807, 2.05) is 0 Å². The first kappa shape index (κ1) is 14.8. The molecule has 1 aromatic rings. The summed E-state index contributed by atoms with van der Waals surface area (Å²) in [5, 5.41) is 2.81. The van der Waals surface area contributed by atoms with E-state index in [2.05, 4.69) is 12.2 Å². The van der Waals surface area contributed by atoms with Crippen LogP contribution in [0.2, 0.25) is 0 Å². The summed E-state index contributed by atoms with van der Waals surface area (Å²) in [7, 11) is 1.46. The van der Waals surface area contributed by atoms with Gasteiger partial charge in [0.25, 0.3) is 5.91 Å². The molecule has 2 rings (SSSR count). The molecule has 1 aliphatic heterocycles.